The zero-order valence-corrected chi connectivity index (χ0v) is 19.6. The van der Waals surface area contributed by atoms with E-state index in [2.05, 4.69) is 10.3 Å². The quantitative estimate of drug-likeness (QED) is 0.509. The van der Waals surface area contributed by atoms with Gasteiger partial charge in [0.15, 0.2) is 6.10 Å². The number of hydrogen-bond donors (Lipinski definition) is 2. The van der Waals surface area contributed by atoms with Crippen LogP contribution in [0.2, 0.25) is 5.02 Å². The SMILES string of the molecule is Cc1ccc2c(-c3ccc4c(c3Cl)NCCO4)c([C@@H](OC(C)(C)C)C(=O)O)c(C)cc2n1. The van der Waals surface area contributed by atoms with Gasteiger partial charge in [-0.3, -0.25) is 4.98 Å². The highest BCUT2D eigenvalue weighted by Crippen LogP contribution is 2.47. The summed E-state index contributed by atoms with van der Waals surface area (Å²) >= 11 is 6.88. The number of pyridine rings is 1. The Kier molecular flexibility index (Phi) is 5.77. The standard InChI is InChI=1S/C25H27ClN2O4/c1-13-12-17-15(7-6-14(2)28-17)20(19(13)23(24(29)30)32-25(3,4)5)16-8-9-18-22(21(16)26)27-10-11-31-18/h6-9,12,23,27H,10-11H2,1-5H3,(H,29,30)/t23-/m1/s1. The van der Waals surface area contributed by atoms with Crippen molar-refractivity contribution in [1.82, 2.24) is 4.98 Å². The van der Waals surface area contributed by atoms with Gasteiger partial charge in [-0.15, -0.1) is 0 Å². The van der Waals surface area contributed by atoms with Gasteiger partial charge in [-0.05, 0) is 70.0 Å². The van der Waals surface area contributed by atoms with Gasteiger partial charge in [-0.25, -0.2) is 4.79 Å². The summed E-state index contributed by atoms with van der Waals surface area (Å²) in [7, 11) is 0. The lowest BCUT2D eigenvalue weighted by Gasteiger charge is -2.29. The van der Waals surface area contributed by atoms with Gasteiger partial charge in [-0.2, -0.15) is 0 Å². The van der Waals surface area contributed by atoms with E-state index in [1.54, 1.807) is 0 Å². The van der Waals surface area contributed by atoms with Crippen LogP contribution in [0, 0.1) is 13.8 Å². The Morgan fingerprint density at radius 3 is 2.69 bits per heavy atom. The predicted octanol–water partition coefficient (Wildman–Crippen LogP) is 5.92. The summed E-state index contributed by atoms with van der Waals surface area (Å²) in [5.41, 5.74) is 4.47. The number of anilines is 1. The van der Waals surface area contributed by atoms with Crippen LogP contribution in [0.5, 0.6) is 5.75 Å². The molecule has 7 heteroatoms. The van der Waals surface area contributed by atoms with E-state index in [4.69, 9.17) is 21.1 Å². The molecule has 1 aliphatic rings. The van der Waals surface area contributed by atoms with Crippen molar-refractivity contribution in [3.05, 3.63) is 52.2 Å². The number of carbonyl (C=O) groups is 1. The molecule has 1 aromatic heterocycles. The summed E-state index contributed by atoms with van der Waals surface area (Å²) in [5, 5.41) is 14.8. The van der Waals surface area contributed by atoms with Gasteiger partial charge in [-0.1, -0.05) is 17.7 Å². The number of carboxylic acid groups (broad SMARTS) is 1. The summed E-state index contributed by atoms with van der Waals surface area (Å²) in [6.45, 7) is 10.6. The van der Waals surface area contributed by atoms with Crippen LogP contribution in [-0.4, -0.2) is 34.8 Å². The number of aromatic nitrogens is 1. The van der Waals surface area contributed by atoms with Gasteiger partial charge < -0.3 is 19.9 Å². The van der Waals surface area contributed by atoms with Crippen LogP contribution in [0.15, 0.2) is 30.3 Å². The zero-order chi connectivity index (χ0) is 23.2. The number of ether oxygens (including phenoxy) is 2. The molecule has 32 heavy (non-hydrogen) atoms. The average molecular weight is 455 g/mol. The maximum atomic E-state index is 12.4. The number of hydrogen-bond acceptors (Lipinski definition) is 5. The first-order valence-corrected chi connectivity index (χ1v) is 11.0. The van der Waals surface area contributed by atoms with E-state index in [-0.39, 0.29) is 0 Å². The number of fused-ring (bicyclic) bond motifs is 2. The molecule has 0 radical (unpaired) electrons. The van der Waals surface area contributed by atoms with Crippen molar-refractivity contribution < 1.29 is 19.4 Å². The number of nitrogens with zero attached hydrogens (tertiary/aromatic N) is 1. The first-order chi connectivity index (χ1) is 15.1. The van der Waals surface area contributed by atoms with Crippen LogP contribution >= 0.6 is 11.6 Å². The Morgan fingerprint density at radius 1 is 1.25 bits per heavy atom. The largest absolute Gasteiger partial charge is 0.490 e. The molecule has 0 saturated heterocycles. The van der Waals surface area contributed by atoms with Crippen molar-refractivity contribution in [2.24, 2.45) is 0 Å². The Labute approximate surface area is 192 Å². The molecule has 1 aliphatic heterocycles. The Morgan fingerprint density at radius 2 is 2.00 bits per heavy atom. The van der Waals surface area contributed by atoms with Crippen molar-refractivity contribution in [3.63, 3.8) is 0 Å². The minimum Gasteiger partial charge on any atom is -0.490 e. The fourth-order valence-corrected chi connectivity index (χ4v) is 4.43. The first-order valence-electron chi connectivity index (χ1n) is 10.6. The van der Waals surface area contributed by atoms with E-state index in [0.717, 1.165) is 22.2 Å². The molecular formula is C25H27ClN2O4. The van der Waals surface area contributed by atoms with Crippen molar-refractivity contribution in [1.29, 1.82) is 0 Å². The minimum atomic E-state index is -1.17. The molecule has 0 saturated carbocycles. The highest BCUT2D eigenvalue weighted by molar-refractivity contribution is 6.37. The average Bonchev–Trinajstić information content (AvgIpc) is 2.71. The molecule has 1 atom stereocenters. The lowest BCUT2D eigenvalue weighted by molar-refractivity contribution is -0.160. The second-order valence-electron chi connectivity index (χ2n) is 9.03. The molecule has 2 aromatic carbocycles. The molecule has 2 N–H and O–H groups in total. The van der Waals surface area contributed by atoms with E-state index < -0.39 is 17.7 Å². The third kappa shape index (κ3) is 4.12. The third-order valence-corrected chi connectivity index (χ3v) is 5.77. The molecular weight excluding hydrogens is 428 g/mol. The molecule has 0 spiro atoms. The number of rotatable bonds is 4. The van der Waals surface area contributed by atoms with Gasteiger partial charge in [0.05, 0.1) is 21.8 Å². The third-order valence-electron chi connectivity index (χ3n) is 5.37. The number of nitrogens with one attached hydrogen (secondary N) is 1. The number of carboxylic acids is 1. The van der Waals surface area contributed by atoms with E-state index >= 15 is 0 Å². The summed E-state index contributed by atoms with van der Waals surface area (Å²) in [5.74, 6) is -0.377. The number of benzene rings is 2. The maximum absolute atomic E-state index is 12.4. The van der Waals surface area contributed by atoms with Crippen LogP contribution in [0.25, 0.3) is 22.0 Å². The Hall–Kier alpha value is -2.83. The normalized spacial score (nSPS) is 14.4. The highest BCUT2D eigenvalue weighted by atomic mass is 35.5. The molecule has 168 valence electrons. The van der Waals surface area contributed by atoms with Crippen LogP contribution in [0.3, 0.4) is 0 Å². The van der Waals surface area contributed by atoms with Gasteiger partial charge in [0, 0.05) is 28.8 Å². The molecule has 0 amide bonds. The van der Waals surface area contributed by atoms with E-state index in [0.29, 0.717) is 46.3 Å². The fourth-order valence-electron chi connectivity index (χ4n) is 4.11. The van der Waals surface area contributed by atoms with Crippen LogP contribution in [0.4, 0.5) is 5.69 Å². The number of aliphatic carboxylic acids is 1. The van der Waals surface area contributed by atoms with Crippen LogP contribution < -0.4 is 10.1 Å². The summed E-state index contributed by atoms with van der Waals surface area (Å²) in [6.07, 6.45) is -1.17. The molecule has 0 aliphatic carbocycles. The Bertz CT molecular complexity index is 1220. The molecule has 2 heterocycles. The van der Waals surface area contributed by atoms with Gasteiger partial charge >= 0.3 is 5.97 Å². The summed E-state index contributed by atoms with van der Waals surface area (Å²) in [6, 6.07) is 9.53. The number of halogens is 1. The second-order valence-corrected chi connectivity index (χ2v) is 9.40. The highest BCUT2D eigenvalue weighted by Gasteiger charge is 2.33. The van der Waals surface area contributed by atoms with Gasteiger partial charge in [0.2, 0.25) is 0 Å². The fraction of sp³-hybridized carbons (Fsp3) is 0.360. The van der Waals surface area contributed by atoms with E-state index in [1.165, 1.54) is 0 Å². The van der Waals surface area contributed by atoms with Gasteiger partial charge in [0.1, 0.15) is 12.4 Å². The summed E-state index contributed by atoms with van der Waals surface area (Å²) < 4.78 is 11.8. The predicted molar refractivity (Wildman–Crippen MR) is 127 cm³/mol. The molecule has 4 rings (SSSR count). The molecule has 0 unspecified atom stereocenters. The second kappa shape index (κ2) is 8.26. The zero-order valence-electron chi connectivity index (χ0n) is 18.9. The van der Waals surface area contributed by atoms with E-state index in [1.807, 2.05) is 65.0 Å². The molecule has 3 aromatic rings. The van der Waals surface area contributed by atoms with E-state index in [9.17, 15) is 9.90 Å². The molecule has 0 fully saturated rings. The molecule has 0 bridgehead atoms. The Balaban J connectivity index is 2.08. The van der Waals surface area contributed by atoms with Crippen molar-refractivity contribution >= 4 is 34.2 Å². The van der Waals surface area contributed by atoms with Crippen molar-refractivity contribution in [2.75, 3.05) is 18.5 Å². The number of aryl methyl sites for hydroxylation is 2. The maximum Gasteiger partial charge on any atom is 0.337 e. The van der Waals surface area contributed by atoms with Crippen LogP contribution in [0.1, 0.15) is 43.7 Å². The minimum absolute atomic E-state index is 0.482. The topological polar surface area (TPSA) is 80.7 Å². The summed E-state index contributed by atoms with van der Waals surface area (Å²) in [4.78, 5) is 17.1. The first kappa shape index (κ1) is 22.4. The smallest absolute Gasteiger partial charge is 0.337 e. The molecule has 6 nitrogen and oxygen atoms in total. The lowest BCUT2D eigenvalue weighted by Crippen LogP contribution is -2.28. The lowest BCUT2D eigenvalue weighted by atomic mass is 9.88. The van der Waals surface area contributed by atoms with Crippen LogP contribution in [-0.2, 0) is 9.53 Å². The van der Waals surface area contributed by atoms with Crippen molar-refractivity contribution in [2.45, 2.75) is 46.3 Å². The van der Waals surface area contributed by atoms with Crippen molar-refractivity contribution in [3.8, 4) is 16.9 Å². The van der Waals surface area contributed by atoms with Gasteiger partial charge in [0.25, 0.3) is 0 Å². The monoisotopic (exact) mass is 454 g/mol.